The van der Waals surface area contributed by atoms with Crippen molar-refractivity contribution < 1.29 is 9.90 Å². The molecule has 0 saturated carbocycles. The van der Waals surface area contributed by atoms with Gasteiger partial charge < -0.3 is 15.3 Å². The first-order valence-electron chi connectivity index (χ1n) is 10.8. The largest absolute Gasteiger partial charge is 0.508 e. The molecule has 2 atom stereocenters. The van der Waals surface area contributed by atoms with Crippen LogP contribution in [0.3, 0.4) is 0 Å². The molecule has 2 unspecified atom stereocenters. The molecule has 2 aromatic carbocycles. The highest BCUT2D eigenvalue weighted by molar-refractivity contribution is 5.80. The van der Waals surface area contributed by atoms with Gasteiger partial charge in [0.1, 0.15) is 5.75 Å². The molecule has 5 nitrogen and oxygen atoms in total. The molecule has 1 aliphatic heterocycles. The van der Waals surface area contributed by atoms with Gasteiger partial charge in [-0.05, 0) is 63.2 Å². The Morgan fingerprint density at radius 2 is 1.80 bits per heavy atom. The minimum Gasteiger partial charge on any atom is -0.508 e. The van der Waals surface area contributed by atoms with E-state index in [-0.39, 0.29) is 29.0 Å². The van der Waals surface area contributed by atoms with Crippen LogP contribution in [0.5, 0.6) is 5.75 Å². The molecule has 162 valence electrons. The molecule has 0 aliphatic carbocycles. The summed E-state index contributed by atoms with van der Waals surface area (Å²) in [7, 11) is 6.08. The first kappa shape index (κ1) is 22.3. The van der Waals surface area contributed by atoms with Crippen LogP contribution in [0.4, 0.5) is 0 Å². The lowest BCUT2D eigenvalue weighted by atomic mass is 9.79. The third-order valence-electron chi connectivity index (χ3n) is 6.81. The number of benzene rings is 2. The van der Waals surface area contributed by atoms with E-state index in [2.05, 4.69) is 49.4 Å². The molecule has 1 heterocycles. The molecule has 1 saturated heterocycles. The quantitative estimate of drug-likeness (QED) is 0.736. The normalized spacial score (nSPS) is 18.2. The molecule has 0 bridgehead atoms. The maximum Gasteiger partial charge on any atom is 0.227 e. The summed E-state index contributed by atoms with van der Waals surface area (Å²) in [6.07, 6.45) is 1.70. The summed E-state index contributed by atoms with van der Waals surface area (Å²) < 4.78 is 0. The molecule has 1 amide bonds. The Kier molecular flexibility index (Phi) is 7.16. The number of nitrogens with zero attached hydrogens (tertiary/aromatic N) is 2. The average Bonchev–Trinajstić information content (AvgIpc) is 2.77. The highest BCUT2D eigenvalue weighted by atomic mass is 16.3. The molecule has 3 rings (SSSR count). The molecule has 30 heavy (non-hydrogen) atoms. The second kappa shape index (κ2) is 9.63. The zero-order valence-electron chi connectivity index (χ0n) is 18.6. The van der Waals surface area contributed by atoms with Gasteiger partial charge in [-0.3, -0.25) is 9.69 Å². The third-order valence-corrected chi connectivity index (χ3v) is 6.81. The van der Waals surface area contributed by atoms with E-state index in [0.717, 1.165) is 18.4 Å². The predicted molar refractivity (Wildman–Crippen MR) is 122 cm³/mol. The van der Waals surface area contributed by atoms with Crippen LogP contribution in [0.25, 0.3) is 0 Å². The van der Waals surface area contributed by atoms with Crippen molar-refractivity contribution in [1.29, 1.82) is 0 Å². The molecule has 2 aromatic rings. The van der Waals surface area contributed by atoms with Gasteiger partial charge in [-0.25, -0.2) is 0 Å². The lowest BCUT2D eigenvalue weighted by molar-refractivity contribution is -0.138. The third kappa shape index (κ3) is 4.52. The number of likely N-dealkylation sites (tertiary alicyclic amines) is 1. The first-order chi connectivity index (χ1) is 14.4. The van der Waals surface area contributed by atoms with Gasteiger partial charge in [0.15, 0.2) is 0 Å². The Labute approximate surface area is 180 Å². The van der Waals surface area contributed by atoms with E-state index < -0.39 is 0 Å². The van der Waals surface area contributed by atoms with Gasteiger partial charge in [0.05, 0.1) is 5.92 Å². The maximum atomic E-state index is 13.5. The Bertz CT molecular complexity index is 829. The molecule has 0 aromatic heterocycles. The summed E-state index contributed by atoms with van der Waals surface area (Å²) in [6, 6.07) is 17.8. The second-order valence-corrected chi connectivity index (χ2v) is 8.67. The summed E-state index contributed by atoms with van der Waals surface area (Å²) in [5, 5.41) is 13.2. The van der Waals surface area contributed by atoms with E-state index in [9.17, 15) is 9.90 Å². The Balaban J connectivity index is 1.77. The van der Waals surface area contributed by atoms with Gasteiger partial charge in [0.2, 0.25) is 5.91 Å². The van der Waals surface area contributed by atoms with Crippen molar-refractivity contribution in [3.8, 4) is 5.75 Å². The molecular formula is C25H35N3O2. The van der Waals surface area contributed by atoms with Crippen LogP contribution in [0, 0.1) is 5.92 Å². The SMILES string of the molecule is CNCC(C(=O)N1CCC(c2cccc(O)c2)(N(C)C)CC1)C(C)c1ccccc1. The van der Waals surface area contributed by atoms with Crippen molar-refractivity contribution >= 4 is 5.91 Å². The van der Waals surface area contributed by atoms with Crippen LogP contribution in [0.15, 0.2) is 54.6 Å². The van der Waals surface area contributed by atoms with E-state index in [1.807, 2.05) is 42.3 Å². The number of piperidine rings is 1. The van der Waals surface area contributed by atoms with Crippen LogP contribution in [0.1, 0.15) is 36.8 Å². The molecule has 1 aliphatic rings. The van der Waals surface area contributed by atoms with Gasteiger partial charge in [-0.2, -0.15) is 0 Å². The number of carbonyl (C=O) groups excluding carboxylic acids is 1. The summed E-state index contributed by atoms with van der Waals surface area (Å²) in [5.41, 5.74) is 2.15. The predicted octanol–water partition coefficient (Wildman–Crippen LogP) is 3.41. The van der Waals surface area contributed by atoms with Crippen molar-refractivity contribution in [2.45, 2.75) is 31.2 Å². The van der Waals surface area contributed by atoms with Crippen molar-refractivity contribution in [1.82, 2.24) is 15.1 Å². The number of phenolic OH excluding ortho intramolecular Hbond substituents is 1. The van der Waals surface area contributed by atoms with Crippen molar-refractivity contribution in [2.24, 2.45) is 5.92 Å². The molecule has 2 N–H and O–H groups in total. The van der Waals surface area contributed by atoms with Gasteiger partial charge in [-0.15, -0.1) is 0 Å². The standard InChI is InChI=1S/C25H35N3O2/c1-19(20-9-6-5-7-10-20)23(18-26-2)24(30)28-15-13-25(14-16-28,27(3)4)21-11-8-12-22(29)17-21/h5-12,17,19,23,26,29H,13-16,18H2,1-4H3. The van der Waals surface area contributed by atoms with Crippen LogP contribution in [-0.4, -0.2) is 61.6 Å². The fourth-order valence-electron chi connectivity index (χ4n) is 4.81. The fourth-order valence-corrected chi connectivity index (χ4v) is 4.81. The van der Waals surface area contributed by atoms with Crippen LogP contribution in [0.2, 0.25) is 0 Å². The fraction of sp³-hybridized carbons (Fsp3) is 0.480. The smallest absolute Gasteiger partial charge is 0.227 e. The van der Waals surface area contributed by atoms with E-state index in [0.29, 0.717) is 19.6 Å². The summed E-state index contributed by atoms with van der Waals surface area (Å²) in [4.78, 5) is 17.8. The summed E-state index contributed by atoms with van der Waals surface area (Å²) >= 11 is 0. The molecule has 0 spiro atoms. The number of carbonyl (C=O) groups is 1. The zero-order valence-corrected chi connectivity index (χ0v) is 18.6. The topological polar surface area (TPSA) is 55.8 Å². The van der Waals surface area contributed by atoms with Crippen LogP contribution in [-0.2, 0) is 10.3 Å². The number of hydrogen-bond acceptors (Lipinski definition) is 4. The van der Waals surface area contributed by atoms with Gasteiger partial charge in [0, 0.05) is 25.2 Å². The lowest BCUT2D eigenvalue weighted by Gasteiger charge is -2.47. The average molecular weight is 410 g/mol. The molecule has 1 fully saturated rings. The van der Waals surface area contributed by atoms with Crippen molar-refractivity contribution in [3.63, 3.8) is 0 Å². The first-order valence-corrected chi connectivity index (χ1v) is 10.8. The second-order valence-electron chi connectivity index (χ2n) is 8.67. The Morgan fingerprint density at radius 3 is 2.37 bits per heavy atom. The van der Waals surface area contributed by atoms with E-state index in [1.54, 1.807) is 6.07 Å². The van der Waals surface area contributed by atoms with Crippen LogP contribution >= 0.6 is 0 Å². The number of nitrogens with one attached hydrogen (secondary N) is 1. The molecule has 5 heteroatoms. The van der Waals surface area contributed by atoms with E-state index in [1.165, 1.54) is 5.56 Å². The zero-order chi connectivity index (χ0) is 21.7. The highest BCUT2D eigenvalue weighted by Crippen LogP contribution is 2.39. The van der Waals surface area contributed by atoms with Crippen molar-refractivity contribution in [2.75, 3.05) is 40.8 Å². The van der Waals surface area contributed by atoms with E-state index >= 15 is 0 Å². The van der Waals surface area contributed by atoms with E-state index in [4.69, 9.17) is 0 Å². The minimum atomic E-state index is -0.168. The van der Waals surface area contributed by atoms with Gasteiger partial charge >= 0.3 is 0 Å². The Morgan fingerprint density at radius 1 is 1.13 bits per heavy atom. The van der Waals surface area contributed by atoms with Crippen LogP contribution < -0.4 is 5.32 Å². The summed E-state index contributed by atoms with van der Waals surface area (Å²) in [6.45, 7) is 4.25. The number of rotatable bonds is 7. The summed E-state index contributed by atoms with van der Waals surface area (Å²) in [5.74, 6) is 0.574. The van der Waals surface area contributed by atoms with Crippen molar-refractivity contribution in [3.05, 3.63) is 65.7 Å². The van der Waals surface area contributed by atoms with Gasteiger partial charge in [0.25, 0.3) is 0 Å². The number of phenols is 1. The monoisotopic (exact) mass is 409 g/mol. The number of amides is 1. The molecule has 0 radical (unpaired) electrons. The lowest BCUT2D eigenvalue weighted by Crippen LogP contribution is -2.53. The highest BCUT2D eigenvalue weighted by Gasteiger charge is 2.41. The minimum absolute atomic E-state index is 0.0926. The Hall–Kier alpha value is -2.37. The molecular weight excluding hydrogens is 374 g/mol. The van der Waals surface area contributed by atoms with Gasteiger partial charge in [-0.1, -0.05) is 49.4 Å². The number of hydrogen-bond donors (Lipinski definition) is 2. The number of aromatic hydroxyl groups is 1. The maximum absolute atomic E-state index is 13.5.